The third-order valence-electron chi connectivity index (χ3n) is 5.50. The minimum Gasteiger partial charge on any atom is -0.494 e. The molecular formula is C22H26N4O5S. The van der Waals surface area contributed by atoms with E-state index >= 15 is 0 Å². The van der Waals surface area contributed by atoms with Gasteiger partial charge in [0.25, 0.3) is 0 Å². The lowest BCUT2D eigenvalue weighted by Crippen LogP contribution is -2.22. The molecule has 2 aromatic carbocycles. The summed E-state index contributed by atoms with van der Waals surface area (Å²) in [5.74, 6) is 1.50. The fraction of sp³-hybridized carbons (Fsp3) is 0.364. The van der Waals surface area contributed by atoms with Crippen LogP contribution in [0.25, 0.3) is 5.69 Å². The Morgan fingerprint density at radius 3 is 2.34 bits per heavy atom. The zero-order valence-electron chi connectivity index (χ0n) is 18.2. The highest BCUT2D eigenvalue weighted by atomic mass is 32.2. The summed E-state index contributed by atoms with van der Waals surface area (Å²) in [6, 6.07) is 14.3. The summed E-state index contributed by atoms with van der Waals surface area (Å²) in [5, 5.41) is 7.67. The van der Waals surface area contributed by atoms with E-state index in [4.69, 9.17) is 14.2 Å². The van der Waals surface area contributed by atoms with Crippen LogP contribution in [-0.2, 0) is 14.8 Å². The summed E-state index contributed by atoms with van der Waals surface area (Å²) in [4.78, 5) is 0. The summed E-state index contributed by atoms with van der Waals surface area (Å²) in [6.07, 6.45) is 1.32. The van der Waals surface area contributed by atoms with Crippen LogP contribution in [0.5, 0.6) is 11.5 Å². The molecule has 2 heterocycles. The molecule has 0 amide bonds. The minimum absolute atomic E-state index is 0.0427. The van der Waals surface area contributed by atoms with Crippen LogP contribution in [0.3, 0.4) is 0 Å². The van der Waals surface area contributed by atoms with E-state index in [9.17, 15) is 8.42 Å². The van der Waals surface area contributed by atoms with E-state index in [-0.39, 0.29) is 12.1 Å². The van der Waals surface area contributed by atoms with Crippen LogP contribution in [0, 0.1) is 0 Å². The molecule has 0 unspecified atom stereocenters. The number of rotatable bonds is 8. The maximum atomic E-state index is 13.2. The number of para-hydroxylation sites is 1. The fourth-order valence-electron chi connectivity index (χ4n) is 3.74. The Morgan fingerprint density at radius 1 is 1.06 bits per heavy atom. The van der Waals surface area contributed by atoms with Gasteiger partial charge >= 0.3 is 0 Å². The molecule has 0 radical (unpaired) electrons. The SMILES string of the molecule is COc1cccc(OC)c1-n1c(NS(=O)(=O)[C@H](C)c2ccccc2)nnc1[C@H]1CCCO1. The maximum absolute atomic E-state index is 13.2. The van der Waals surface area contributed by atoms with Gasteiger partial charge in [-0.25, -0.2) is 8.42 Å². The Labute approximate surface area is 187 Å². The van der Waals surface area contributed by atoms with Crippen molar-refractivity contribution in [3.05, 3.63) is 59.9 Å². The standard InChI is InChI=1S/C22H26N4O5S/c1-15(16-9-5-4-6-10-16)32(27,28)25-22-24-23-21(19-13-8-14-31-19)26(22)20-17(29-2)11-7-12-18(20)30-3/h4-7,9-12,15,19H,8,13-14H2,1-3H3,(H,24,25)/t15-,19-/m1/s1. The van der Waals surface area contributed by atoms with Gasteiger partial charge in [0, 0.05) is 6.61 Å². The number of aromatic nitrogens is 3. The van der Waals surface area contributed by atoms with E-state index in [1.54, 1.807) is 54.0 Å². The van der Waals surface area contributed by atoms with E-state index in [0.29, 0.717) is 35.2 Å². The molecule has 3 aromatic rings. The second-order valence-corrected chi connectivity index (χ2v) is 9.43. The van der Waals surface area contributed by atoms with Crippen LogP contribution in [0.1, 0.15) is 42.5 Å². The lowest BCUT2D eigenvalue weighted by atomic mass is 10.2. The average Bonchev–Trinajstić information content (AvgIpc) is 3.48. The Bertz CT molecular complexity index is 1150. The molecule has 1 fully saturated rings. The van der Waals surface area contributed by atoms with Crippen molar-refractivity contribution >= 4 is 16.0 Å². The highest BCUT2D eigenvalue weighted by Crippen LogP contribution is 2.39. The lowest BCUT2D eigenvalue weighted by Gasteiger charge is -2.20. The van der Waals surface area contributed by atoms with Crippen molar-refractivity contribution in [2.24, 2.45) is 0 Å². The second-order valence-electron chi connectivity index (χ2n) is 7.43. The lowest BCUT2D eigenvalue weighted by molar-refractivity contribution is 0.103. The normalized spacial score (nSPS) is 17.2. The van der Waals surface area contributed by atoms with Gasteiger partial charge in [0.1, 0.15) is 28.5 Å². The predicted molar refractivity (Wildman–Crippen MR) is 120 cm³/mol. The molecule has 4 rings (SSSR count). The van der Waals surface area contributed by atoms with Crippen molar-refractivity contribution < 1.29 is 22.6 Å². The summed E-state index contributed by atoms with van der Waals surface area (Å²) >= 11 is 0. The number of anilines is 1. The Hall–Kier alpha value is -3.11. The third-order valence-corrected chi connectivity index (χ3v) is 7.17. The Morgan fingerprint density at radius 2 is 1.75 bits per heavy atom. The van der Waals surface area contributed by atoms with Crippen LogP contribution < -0.4 is 14.2 Å². The first-order valence-electron chi connectivity index (χ1n) is 10.3. The van der Waals surface area contributed by atoms with Gasteiger partial charge in [-0.15, -0.1) is 10.2 Å². The first-order chi connectivity index (χ1) is 15.5. The highest BCUT2D eigenvalue weighted by Gasteiger charge is 2.32. The smallest absolute Gasteiger partial charge is 0.243 e. The van der Waals surface area contributed by atoms with E-state index in [0.717, 1.165) is 12.8 Å². The van der Waals surface area contributed by atoms with Gasteiger partial charge in [-0.05, 0) is 37.5 Å². The third kappa shape index (κ3) is 4.15. The van der Waals surface area contributed by atoms with Gasteiger partial charge < -0.3 is 14.2 Å². The Kier molecular flexibility index (Phi) is 6.33. The molecule has 170 valence electrons. The number of ether oxygens (including phenoxy) is 3. The van der Waals surface area contributed by atoms with Crippen molar-refractivity contribution in [3.8, 4) is 17.2 Å². The number of methoxy groups -OCH3 is 2. The first-order valence-corrected chi connectivity index (χ1v) is 11.9. The van der Waals surface area contributed by atoms with Crippen LogP contribution >= 0.6 is 0 Å². The van der Waals surface area contributed by atoms with Crippen LogP contribution in [0.15, 0.2) is 48.5 Å². The van der Waals surface area contributed by atoms with E-state index < -0.39 is 15.3 Å². The fourth-order valence-corrected chi connectivity index (χ4v) is 4.82. The number of hydrogen-bond donors (Lipinski definition) is 1. The Balaban J connectivity index is 1.83. The quantitative estimate of drug-likeness (QED) is 0.549. The van der Waals surface area contributed by atoms with E-state index in [1.165, 1.54) is 14.2 Å². The van der Waals surface area contributed by atoms with Gasteiger partial charge in [0.05, 0.1) is 14.2 Å². The maximum Gasteiger partial charge on any atom is 0.243 e. The molecule has 32 heavy (non-hydrogen) atoms. The molecule has 0 bridgehead atoms. The molecule has 10 heteroatoms. The molecule has 1 aliphatic rings. The van der Waals surface area contributed by atoms with Crippen LogP contribution in [-0.4, -0.2) is 44.0 Å². The van der Waals surface area contributed by atoms with Crippen molar-refractivity contribution in [2.45, 2.75) is 31.1 Å². The van der Waals surface area contributed by atoms with Crippen molar-refractivity contribution in [1.82, 2.24) is 14.8 Å². The van der Waals surface area contributed by atoms with Crippen LogP contribution in [0.4, 0.5) is 5.95 Å². The van der Waals surface area contributed by atoms with Gasteiger partial charge in [0.15, 0.2) is 5.82 Å². The average molecular weight is 459 g/mol. The van der Waals surface area contributed by atoms with Crippen molar-refractivity contribution in [3.63, 3.8) is 0 Å². The molecule has 9 nitrogen and oxygen atoms in total. The van der Waals surface area contributed by atoms with Gasteiger partial charge in [-0.1, -0.05) is 36.4 Å². The molecule has 2 atom stereocenters. The molecule has 1 saturated heterocycles. The topological polar surface area (TPSA) is 105 Å². The number of nitrogens with zero attached hydrogens (tertiary/aromatic N) is 3. The first kappa shape index (κ1) is 22.1. The van der Waals surface area contributed by atoms with Gasteiger partial charge in [0.2, 0.25) is 16.0 Å². The second kappa shape index (κ2) is 9.17. The van der Waals surface area contributed by atoms with Crippen LogP contribution in [0.2, 0.25) is 0 Å². The molecule has 0 spiro atoms. The number of sulfonamides is 1. The summed E-state index contributed by atoms with van der Waals surface area (Å²) < 4.78 is 47.7. The number of nitrogens with one attached hydrogen (secondary N) is 1. The summed E-state index contributed by atoms with van der Waals surface area (Å²) in [6.45, 7) is 2.23. The zero-order chi connectivity index (χ0) is 22.7. The van der Waals surface area contributed by atoms with E-state index in [2.05, 4.69) is 14.9 Å². The molecule has 1 aliphatic heterocycles. The summed E-state index contributed by atoms with van der Waals surface area (Å²) in [5.41, 5.74) is 1.17. The monoisotopic (exact) mass is 458 g/mol. The van der Waals surface area contributed by atoms with Crippen molar-refractivity contribution in [1.29, 1.82) is 0 Å². The molecule has 0 aliphatic carbocycles. The van der Waals surface area contributed by atoms with Gasteiger partial charge in [-0.3, -0.25) is 9.29 Å². The molecule has 1 aromatic heterocycles. The minimum atomic E-state index is -3.84. The largest absolute Gasteiger partial charge is 0.494 e. The predicted octanol–water partition coefficient (Wildman–Crippen LogP) is 3.64. The molecule has 0 saturated carbocycles. The molecular weight excluding hydrogens is 432 g/mol. The van der Waals surface area contributed by atoms with Gasteiger partial charge in [-0.2, -0.15) is 0 Å². The summed E-state index contributed by atoms with van der Waals surface area (Å²) in [7, 11) is -0.767. The highest BCUT2D eigenvalue weighted by molar-refractivity contribution is 7.92. The number of benzene rings is 2. The van der Waals surface area contributed by atoms with Crippen molar-refractivity contribution in [2.75, 3.05) is 25.5 Å². The molecule has 1 N–H and O–H groups in total. The van der Waals surface area contributed by atoms with E-state index in [1.807, 2.05) is 6.07 Å². The zero-order valence-corrected chi connectivity index (χ0v) is 19.0. The number of hydrogen-bond acceptors (Lipinski definition) is 7.